The molecule has 6 aromatic rings. The van der Waals surface area contributed by atoms with Gasteiger partial charge in [-0.05, 0) is 121 Å². The lowest BCUT2D eigenvalue weighted by Crippen LogP contribution is -2.40. The molecule has 6 rings (SSSR count). The van der Waals surface area contributed by atoms with Crippen LogP contribution in [0.2, 0.25) is 10.6 Å². The number of furan rings is 2. The summed E-state index contributed by atoms with van der Waals surface area (Å²) < 4.78 is 17.8. The van der Waals surface area contributed by atoms with E-state index in [4.69, 9.17) is 36.8 Å². The number of carbonyl (C=O) groups is 2. The SMILES string of the molecule is CN[C@@H](C)Cc1sc2c(NCc3ccco3)nc(Cl)nc2c1C.Cc1c(C[C@H](C)N(C)C(=O)OC(C)(C)C)sc2c(N(Cc3ccco3)C(=O)O)nc(Cl)nc12. The van der Waals surface area contributed by atoms with Crippen LogP contribution < -0.4 is 15.5 Å². The van der Waals surface area contributed by atoms with Crippen molar-refractivity contribution in [2.45, 2.75) is 92.1 Å². The molecule has 0 saturated carbocycles. The summed E-state index contributed by atoms with van der Waals surface area (Å²) >= 11 is 15.4. The van der Waals surface area contributed by atoms with Crippen LogP contribution in [0.4, 0.5) is 21.2 Å². The van der Waals surface area contributed by atoms with Crippen LogP contribution in [0.3, 0.4) is 0 Å². The van der Waals surface area contributed by atoms with Gasteiger partial charge in [-0.1, -0.05) is 0 Å². The first-order chi connectivity index (χ1) is 26.4. The number of aryl methyl sites for hydroxylation is 2. The number of nitrogens with one attached hydrogen (secondary N) is 2. The van der Waals surface area contributed by atoms with Gasteiger partial charge in [0.15, 0.2) is 5.82 Å². The lowest BCUT2D eigenvalue weighted by atomic mass is 10.1. The monoisotopic (exact) mass is 844 g/mol. The van der Waals surface area contributed by atoms with E-state index in [0.29, 0.717) is 35.0 Å². The van der Waals surface area contributed by atoms with Gasteiger partial charge in [0.2, 0.25) is 10.6 Å². The Morgan fingerprint density at radius 1 is 0.911 bits per heavy atom. The molecular formula is C38H46Cl2N8O6S2. The average molecular weight is 846 g/mol. The van der Waals surface area contributed by atoms with Gasteiger partial charge in [0.05, 0.1) is 46.0 Å². The van der Waals surface area contributed by atoms with E-state index in [1.807, 2.05) is 53.8 Å². The van der Waals surface area contributed by atoms with Gasteiger partial charge in [0, 0.05) is 35.3 Å². The largest absolute Gasteiger partial charge is 0.467 e. The molecule has 300 valence electrons. The molecule has 0 bridgehead atoms. The Hall–Kier alpha value is -4.48. The first-order valence-corrected chi connectivity index (χ1v) is 20.2. The Labute approximate surface area is 343 Å². The van der Waals surface area contributed by atoms with Crippen LogP contribution in [0.1, 0.15) is 67.0 Å². The smallest absolute Gasteiger partial charge is 0.413 e. The van der Waals surface area contributed by atoms with Gasteiger partial charge >= 0.3 is 12.2 Å². The maximum atomic E-state index is 12.4. The summed E-state index contributed by atoms with van der Waals surface area (Å²) in [5.74, 6) is 2.28. The summed E-state index contributed by atoms with van der Waals surface area (Å²) in [5.41, 5.74) is 2.97. The molecule has 0 fully saturated rings. The Bertz CT molecular complexity index is 2270. The van der Waals surface area contributed by atoms with Crippen molar-refractivity contribution in [2.75, 3.05) is 24.3 Å². The number of carbonyl (C=O) groups excluding carboxylic acids is 1. The van der Waals surface area contributed by atoms with Crippen LogP contribution in [0.5, 0.6) is 0 Å². The summed E-state index contributed by atoms with van der Waals surface area (Å²) in [6.07, 6.45) is 3.03. The van der Waals surface area contributed by atoms with E-state index < -0.39 is 17.8 Å². The number of carboxylic acid groups (broad SMARTS) is 1. The number of rotatable bonds is 12. The fourth-order valence-electron chi connectivity index (χ4n) is 5.56. The Kier molecular flexibility index (Phi) is 13.9. The van der Waals surface area contributed by atoms with Crippen molar-refractivity contribution in [3.05, 3.63) is 79.8 Å². The number of hydrogen-bond acceptors (Lipinski definition) is 13. The number of fused-ring (bicyclic) bond motifs is 2. The molecule has 18 heteroatoms. The van der Waals surface area contributed by atoms with Crippen LogP contribution in [0.25, 0.3) is 20.4 Å². The molecule has 2 atom stereocenters. The minimum Gasteiger partial charge on any atom is -0.467 e. The minimum absolute atomic E-state index is 0.0190. The van der Waals surface area contributed by atoms with E-state index in [0.717, 1.165) is 43.6 Å². The number of anilines is 2. The summed E-state index contributed by atoms with van der Waals surface area (Å²) in [6, 6.07) is 7.41. The van der Waals surface area contributed by atoms with E-state index in [9.17, 15) is 14.7 Å². The summed E-state index contributed by atoms with van der Waals surface area (Å²) in [6.45, 7) is 14.1. The molecule has 0 radical (unpaired) electrons. The zero-order chi connectivity index (χ0) is 40.9. The fourth-order valence-corrected chi connectivity index (χ4v) is 8.60. The maximum absolute atomic E-state index is 12.4. The van der Waals surface area contributed by atoms with Crippen molar-refractivity contribution >= 4 is 90.1 Å². The molecule has 0 spiro atoms. The van der Waals surface area contributed by atoms with Crippen molar-refractivity contribution in [3.63, 3.8) is 0 Å². The number of nitrogens with zero attached hydrogens (tertiary/aromatic N) is 6. The van der Waals surface area contributed by atoms with Gasteiger partial charge in [0.1, 0.15) is 22.9 Å². The van der Waals surface area contributed by atoms with Gasteiger partial charge in [-0.25, -0.2) is 19.6 Å². The number of amides is 2. The summed E-state index contributed by atoms with van der Waals surface area (Å²) in [4.78, 5) is 46.7. The number of thiophene rings is 2. The molecule has 14 nitrogen and oxygen atoms in total. The maximum Gasteiger partial charge on any atom is 0.413 e. The van der Waals surface area contributed by atoms with Gasteiger partial charge in [0.25, 0.3) is 0 Å². The lowest BCUT2D eigenvalue weighted by Gasteiger charge is -2.28. The van der Waals surface area contributed by atoms with Crippen LogP contribution in [-0.4, -0.2) is 73.9 Å². The topological polar surface area (TPSA) is 172 Å². The Morgan fingerprint density at radius 2 is 1.48 bits per heavy atom. The number of halogens is 2. The normalized spacial score (nSPS) is 12.6. The molecule has 3 N–H and O–H groups in total. The zero-order valence-electron chi connectivity index (χ0n) is 32.7. The van der Waals surface area contributed by atoms with E-state index in [-0.39, 0.29) is 29.0 Å². The van der Waals surface area contributed by atoms with E-state index in [1.165, 1.54) is 28.0 Å². The lowest BCUT2D eigenvalue weighted by molar-refractivity contribution is 0.0236. The predicted molar refractivity (Wildman–Crippen MR) is 223 cm³/mol. The third kappa shape index (κ3) is 10.5. The molecular weight excluding hydrogens is 800 g/mol. The Balaban J connectivity index is 0.000000228. The van der Waals surface area contributed by atoms with Crippen molar-refractivity contribution in [1.82, 2.24) is 30.2 Å². The summed E-state index contributed by atoms with van der Waals surface area (Å²) in [7, 11) is 3.67. The first-order valence-electron chi connectivity index (χ1n) is 17.8. The van der Waals surface area contributed by atoms with Crippen LogP contribution in [0.15, 0.2) is 45.6 Å². The number of hydrogen-bond donors (Lipinski definition) is 3. The molecule has 6 heterocycles. The molecule has 6 aromatic heterocycles. The van der Waals surface area contributed by atoms with Crippen LogP contribution >= 0.6 is 45.9 Å². The third-order valence-corrected chi connectivity index (χ3v) is 11.8. The minimum atomic E-state index is -1.19. The number of aromatic nitrogens is 4. The highest BCUT2D eigenvalue weighted by Gasteiger charge is 2.28. The highest BCUT2D eigenvalue weighted by Crippen LogP contribution is 2.38. The van der Waals surface area contributed by atoms with E-state index in [2.05, 4.69) is 44.4 Å². The van der Waals surface area contributed by atoms with E-state index >= 15 is 0 Å². The van der Waals surface area contributed by atoms with Crippen molar-refractivity contribution in [1.29, 1.82) is 0 Å². The molecule has 2 amide bonds. The number of ether oxygens (including phenoxy) is 1. The molecule has 56 heavy (non-hydrogen) atoms. The quantitative estimate of drug-likeness (QED) is 0.0998. The second-order valence-corrected chi connectivity index (χ2v) is 17.1. The van der Waals surface area contributed by atoms with Crippen molar-refractivity contribution < 1.29 is 28.3 Å². The van der Waals surface area contributed by atoms with Crippen molar-refractivity contribution in [3.8, 4) is 0 Å². The molecule has 0 aromatic carbocycles. The highest BCUT2D eigenvalue weighted by atomic mass is 35.5. The highest BCUT2D eigenvalue weighted by molar-refractivity contribution is 7.20. The fraction of sp³-hybridized carbons (Fsp3) is 0.421. The second-order valence-electron chi connectivity index (χ2n) is 14.2. The predicted octanol–water partition coefficient (Wildman–Crippen LogP) is 9.74. The van der Waals surface area contributed by atoms with E-state index in [1.54, 1.807) is 41.7 Å². The van der Waals surface area contributed by atoms with Gasteiger partial charge < -0.3 is 34.2 Å². The molecule has 0 unspecified atom stereocenters. The molecule has 0 aliphatic rings. The molecule has 0 aliphatic heterocycles. The standard InChI is InChI=1S/C22H27ClN4O5S.C16H19ClN4OS/c1-12(26(6)21(30)32-22(3,4)5)10-15-13(2)16-17(33-15)18(25-19(23)24-16)27(20(28)29)11-14-8-7-9-31-14;1-9(18-3)7-12-10(2)13-14(23-12)15(21-16(17)20-13)19-8-11-5-4-6-22-11/h7-9,12H,10-11H2,1-6H3,(H,28,29);4-6,9,18H,7-8H2,1-3H3,(H,19,20,21)/t12-;9-/m00/s1. The van der Waals surface area contributed by atoms with Crippen LogP contribution in [0, 0.1) is 13.8 Å². The first kappa shape index (κ1) is 42.7. The van der Waals surface area contributed by atoms with Gasteiger partial charge in [-0.15, -0.1) is 22.7 Å². The summed E-state index contributed by atoms with van der Waals surface area (Å²) in [5, 5.41) is 16.6. The van der Waals surface area contributed by atoms with Gasteiger partial charge in [-0.3, -0.25) is 4.90 Å². The van der Waals surface area contributed by atoms with Crippen LogP contribution in [-0.2, 0) is 30.7 Å². The number of likely N-dealkylation sites (N-methyl/N-ethyl adjacent to an activating group) is 2. The average Bonchev–Trinajstić information content (AvgIpc) is 3.95. The molecule has 0 saturated heterocycles. The third-order valence-electron chi connectivity index (χ3n) is 8.85. The Morgan fingerprint density at radius 3 is 2.05 bits per heavy atom. The zero-order valence-corrected chi connectivity index (χ0v) is 35.8. The van der Waals surface area contributed by atoms with Gasteiger partial charge in [-0.2, -0.15) is 9.97 Å². The second kappa shape index (κ2) is 18.2. The van der Waals surface area contributed by atoms with Crippen molar-refractivity contribution in [2.24, 2.45) is 0 Å². The molecule has 0 aliphatic carbocycles.